The van der Waals surface area contributed by atoms with Gasteiger partial charge in [-0.25, -0.2) is 4.39 Å². The highest BCUT2D eigenvalue weighted by Crippen LogP contribution is 2.39. The van der Waals surface area contributed by atoms with Crippen molar-refractivity contribution in [3.05, 3.63) is 66.5 Å². The van der Waals surface area contributed by atoms with E-state index in [1.807, 2.05) is 24.3 Å². The van der Waals surface area contributed by atoms with Gasteiger partial charge < -0.3 is 10.0 Å². The summed E-state index contributed by atoms with van der Waals surface area (Å²) in [6.45, 7) is 0. The van der Waals surface area contributed by atoms with E-state index in [0.29, 0.717) is 5.46 Å². The van der Waals surface area contributed by atoms with Gasteiger partial charge in [0.1, 0.15) is 5.82 Å². The van der Waals surface area contributed by atoms with Gasteiger partial charge in [0.05, 0.1) is 0 Å². The highest BCUT2D eigenvalue weighted by Gasteiger charge is 2.14. The summed E-state index contributed by atoms with van der Waals surface area (Å²) in [6.07, 6.45) is 0. The molecule has 1 aromatic heterocycles. The Balaban J connectivity index is 2.00. The van der Waals surface area contributed by atoms with Gasteiger partial charge in [0.2, 0.25) is 0 Å². The van der Waals surface area contributed by atoms with Crippen LogP contribution in [0, 0.1) is 5.82 Å². The third-order valence-corrected chi connectivity index (χ3v) is 5.16. The molecule has 1 heterocycles. The predicted molar refractivity (Wildman–Crippen MR) is 94.6 cm³/mol. The maximum absolute atomic E-state index is 13.5. The predicted octanol–water partition coefficient (Wildman–Crippen LogP) is 3.54. The Kier molecular flexibility index (Phi) is 3.41. The molecular weight excluding hydrogens is 310 g/mol. The quantitative estimate of drug-likeness (QED) is 0.554. The number of benzene rings is 3. The lowest BCUT2D eigenvalue weighted by Crippen LogP contribution is -2.29. The second-order valence-corrected chi connectivity index (χ2v) is 6.48. The van der Waals surface area contributed by atoms with Gasteiger partial charge in [0, 0.05) is 20.2 Å². The molecule has 0 unspecified atom stereocenters. The monoisotopic (exact) mass is 322 g/mol. The zero-order valence-corrected chi connectivity index (χ0v) is 12.8. The first-order valence-corrected chi connectivity index (χ1v) is 8.02. The molecule has 3 aromatic carbocycles. The van der Waals surface area contributed by atoms with Crippen LogP contribution >= 0.6 is 11.3 Å². The average molecular weight is 322 g/mol. The topological polar surface area (TPSA) is 40.5 Å². The Bertz CT molecular complexity index is 1030. The lowest BCUT2D eigenvalue weighted by molar-refractivity contribution is 0.426. The Morgan fingerprint density at radius 2 is 1.70 bits per heavy atom. The summed E-state index contributed by atoms with van der Waals surface area (Å²) in [4.78, 5) is 0. The highest BCUT2D eigenvalue weighted by atomic mass is 32.1. The van der Waals surface area contributed by atoms with Crippen molar-refractivity contribution in [1.82, 2.24) is 0 Å². The van der Waals surface area contributed by atoms with Gasteiger partial charge in [0.25, 0.3) is 0 Å². The van der Waals surface area contributed by atoms with Crippen LogP contribution in [0.15, 0.2) is 60.7 Å². The van der Waals surface area contributed by atoms with Crippen LogP contribution in [0.25, 0.3) is 31.3 Å². The molecule has 4 aromatic rings. The fourth-order valence-corrected chi connectivity index (χ4v) is 4.13. The van der Waals surface area contributed by atoms with E-state index in [2.05, 4.69) is 0 Å². The molecule has 2 N–H and O–H groups in total. The number of thiophene rings is 1. The Hall–Kier alpha value is -2.21. The van der Waals surface area contributed by atoms with Crippen LogP contribution in [0.2, 0.25) is 0 Å². The van der Waals surface area contributed by atoms with E-state index in [-0.39, 0.29) is 5.82 Å². The van der Waals surface area contributed by atoms with Gasteiger partial charge in [-0.15, -0.1) is 11.3 Å². The third-order valence-electron chi connectivity index (χ3n) is 3.96. The number of halogens is 1. The van der Waals surface area contributed by atoms with Crippen molar-refractivity contribution in [2.24, 2.45) is 0 Å². The minimum Gasteiger partial charge on any atom is -0.423 e. The van der Waals surface area contributed by atoms with Crippen LogP contribution in [0.1, 0.15) is 0 Å². The molecule has 0 atom stereocenters. The summed E-state index contributed by atoms with van der Waals surface area (Å²) in [5.74, 6) is -0.240. The lowest BCUT2D eigenvalue weighted by Gasteiger charge is -2.06. The molecule has 0 amide bonds. The second kappa shape index (κ2) is 5.46. The van der Waals surface area contributed by atoms with Crippen molar-refractivity contribution in [1.29, 1.82) is 0 Å². The summed E-state index contributed by atoms with van der Waals surface area (Å²) < 4.78 is 15.5. The van der Waals surface area contributed by atoms with Gasteiger partial charge in [-0.3, -0.25) is 0 Å². The van der Waals surface area contributed by atoms with Crippen LogP contribution in [-0.2, 0) is 0 Å². The Morgan fingerprint density at radius 3 is 2.52 bits per heavy atom. The van der Waals surface area contributed by atoms with Gasteiger partial charge in [-0.05, 0) is 28.7 Å². The molecule has 0 saturated carbocycles. The molecule has 0 saturated heterocycles. The molecule has 0 spiro atoms. The van der Waals surface area contributed by atoms with Gasteiger partial charge in [0.15, 0.2) is 0 Å². The zero-order valence-electron chi connectivity index (χ0n) is 12.0. The van der Waals surface area contributed by atoms with Crippen LogP contribution in [0.3, 0.4) is 0 Å². The highest BCUT2D eigenvalue weighted by molar-refractivity contribution is 7.26. The molecule has 2 nitrogen and oxygen atoms in total. The van der Waals surface area contributed by atoms with Gasteiger partial charge in [-0.1, -0.05) is 48.5 Å². The summed E-state index contributed by atoms with van der Waals surface area (Å²) in [5.41, 5.74) is 2.37. The van der Waals surface area contributed by atoms with Crippen LogP contribution < -0.4 is 5.46 Å². The molecule has 0 bridgehead atoms. The molecule has 112 valence electrons. The zero-order chi connectivity index (χ0) is 16.0. The van der Waals surface area contributed by atoms with Crippen molar-refractivity contribution in [3.8, 4) is 11.1 Å². The second-order valence-electron chi connectivity index (χ2n) is 5.42. The van der Waals surface area contributed by atoms with Crippen molar-refractivity contribution in [3.63, 3.8) is 0 Å². The minimum absolute atomic E-state index is 0.240. The largest absolute Gasteiger partial charge is 0.488 e. The first kappa shape index (κ1) is 14.4. The summed E-state index contributed by atoms with van der Waals surface area (Å²) in [5, 5.41) is 20.9. The number of rotatable bonds is 2. The van der Waals surface area contributed by atoms with E-state index in [1.165, 1.54) is 6.07 Å². The van der Waals surface area contributed by atoms with E-state index in [1.54, 1.807) is 41.7 Å². The van der Waals surface area contributed by atoms with Crippen LogP contribution in [0.4, 0.5) is 4.39 Å². The number of fused-ring (bicyclic) bond motifs is 3. The smallest absolute Gasteiger partial charge is 0.423 e. The van der Waals surface area contributed by atoms with Gasteiger partial charge in [-0.2, -0.15) is 0 Å². The summed E-state index contributed by atoms with van der Waals surface area (Å²) >= 11 is 1.55. The molecule has 4 rings (SSSR count). The van der Waals surface area contributed by atoms with E-state index >= 15 is 0 Å². The van der Waals surface area contributed by atoms with E-state index in [9.17, 15) is 14.4 Å². The SMILES string of the molecule is OB(O)c1cccc(-c2cccc3c2sc2cc(F)ccc23)c1. The first-order chi connectivity index (χ1) is 11.1. The van der Waals surface area contributed by atoms with Crippen LogP contribution in [0.5, 0.6) is 0 Å². The van der Waals surface area contributed by atoms with Crippen molar-refractivity contribution >= 4 is 44.1 Å². The fourth-order valence-electron chi connectivity index (χ4n) is 2.87. The van der Waals surface area contributed by atoms with Crippen LogP contribution in [-0.4, -0.2) is 17.2 Å². The molecular formula is C18H12BFO2S. The molecule has 0 aliphatic rings. The Morgan fingerprint density at radius 1 is 0.870 bits per heavy atom. The van der Waals surface area contributed by atoms with Gasteiger partial charge >= 0.3 is 7.12 Å². The normalized spacial score (nSPS) is 11.3. The van der Waals surface area contributed by atoms with E-state index in [4.69, 9.17) is 0 Å². The molecule has 0 aliphatic heterocycles. The molecule has 5 heteroatoms. The summed E-state index contributed by atoms with van der Waals surface area (Å²) in [7, 11) is -1.49. The first-order valence-electron chi connectivity index (χ1n) is 7.21. The minimum atomic E-state index is -1.49. The molecule has 0 aliphatic carbocycles. The van der Waals surface area contributed by atoms with E-state index in [0.717, 1.165) is 31.3 Å². The number of hydrogen-bond donors (Lipinski definition) is 2. The standard InChI is InChI=1S/C18H12BFO2S/c20-13-7-8-15-16-6-2-5-14(18(16)23-17(15)10-13)11-3-1-4-12(9-11)19(21)22/h1-10,21-22H. The molecule has 23 heavy (non-hydrogen) atoms. The third kappa shape index (κ3) is 2.43. The fraction of sp³-hybridized carbons (Fsp3) is 0. The Labute approximate surface area is 136 Å². The maximum atomic E-state index is 13.5. The lowest BCUT2D eigenvalue weighted by atomic mass is 9.79. The average Bonchev–Trinajstić information content (AvgIpc) is 2.92. The summed E-state index contributed by atoms with van der Waals surface area (Å²) in [6, 6.07) is 18.0. The van der Waals surface area contributed by atoms with Crippen molar-refractivity contribution < 1.29 is 14.4 Å². The number of hydrogen-bond acceptors (Lipinski definition) is 3. The van der Waals surface area contributed by atoms with Crippen molar-refractivity contribution in [2.75, 3.05) is 0 Å². The molecule has 0 fully saturated rings. The molecule has 0 radical (unpaired) electrons. The van der Waals surface area contributed by atoms with E-state index < -0.39 is 7.12 Å². The maximum Gasteiger partial charge on any atom is 0.488 e. The van der Waals surface area contributed by atoms with Crippen molar-refractivity contribution in [2.45, 2.75) is 0 Å².